The molecule has 4 nitrogen and oxygen atoms in total. The summed E-state index contributed by atoms with van der Waals surface area (Å²) in [6.07, 6.45) is 12.7. The Balaban J connectivity index is 0.000000633. The summed E-state index contributed by atoms with van der Waals surface area (Å²) in [5.74, 6) is 4.48. The molecule has 0 aromatic heterocycles. The predicted octanol–water partition coefficient (Wildman–Crippen LogP) is 11.0. The van der Waals surface area contributed by atoms with E-state index in [0.717, 1.165) is 29.6 Å². The quantitative estimate of drug-likeness (QED) is 0.222. The van der Waals surface area contributed by atoms with Gasteiger partial charge < -0.3 is 23.4 Å². The molecule has 0 spiro atoms. The van der Waals surface area contributed by atoms with Gasteiger partial charge in [0.2, 0.25) is 0 Å². The van der Waals surface area contributed by atoms with Crippen LogP contribution in [0.4, 0.5) is 0 Å². The Bertz CT molecular complexity index is 1140. The SMILES string of the molecule is CC1(C)CC(C)(C)C2CC(P(=NC34CC5CC(CC(C5)C3)C4)(c3ccccc3)c3ccccc3)CC21.C[N-]C.C[N-]C.C[N-]C.[CH3-].[Zr+4]. The Kier molecular flexibility index (Phi) is 16.4. The van der Waals surface area contributed by atoms with E-state index in [9.17, 15) is 0 Å². The number of benzene rings is 2. The van der Waals surface area contributed by atoms with E-state index in [1.54, 1.807) is 52.9 Å². The minimum atomic E-state index is -1.94. The maximum absolute atomic E-state index is 6.46. The second-order valence-electron chi connectivity index (χ2n) is 16.4. The van der Waals surface area contributed by atoms with Crippen molar-refractivity contribution in [3.8, 4) is 0 Å². The molecule has 2 unspecified atom stereocenters. The van der Waals surface area contributed by atoms with Gasteiger partial charge in [-0.2, -0.15) is 42.3 Å². The molecule has 4 bridgehead atoms. The molecule has 0 radical (unpaired) electrons. The fourth-order valence-electron chi connectivity index (χ4n) is 11.1. The largest absolute Gasteiger partial charge is 4.00 e. The molecular weight excluding hydrogens is 671 g/mol. The van der Waals surface area contributed by atoms with Crippen LogP contribution in [0.2, 0.25) is 0 Å². The predicted molar refractivity (Wildman–Crippen MR) is 207 cm³/mol. The topological polar surface area (TPSA) is 54.7 Å². The molecule has 0 N–H and O–H groups in total. The van der Waals surface area contributed by atoms with Gasteiger partial charge in [-0.05, 0) is 109 Å². The van der Waals surface area contributed by atoms with Crippen LogP contribution in [0.3, 0.4) is 0 Å². The van der Waals surface area contributed by atoms with E-state index in [2.05, 4.69) is 104 Å². The molecule has 260 valence electrons. The number of hydrogen-bond acceptors (Lipinski definition) is 1. The van der Waals surface area contributed by atoms with Crippen molar-refractivity contribution in [1.82, 2.24) is 0 Å². The van der Waals surface area contributed by atoms with Crippen molar-refractivity contribution < 1.29 is 26.2 Å². The first-order chi connectivity index (χ1) is 21.4. The summed E-state index contributed by atoms with van der Waals surface area (Å²) >= 11 is 0. The monoisotopic (exact) mass is 736 g/mol. The van der Waals surface area contributed by atoms with E-state index in [-0.39, 0.29) is 39.2 Å². The standard InChI is InChI=1S/C34H46NP.3C2H6N.CH3.Zr/c1-32(2)23-33(3,4)31-19-29(18-30(31)32)36(27-11-7-5-8-12-27,28-13-9-6-10-14-28)35-34-20-24-15-25(21-34)17-26(16-24)22-34;3*1-3-2;;/h5-14,24-26,29-31H,15-23H2,1-4H3;3*1-2H3;1H3;/q;4*-1;+4. The van der Waals surface area contributed by atoms with Gasteiger partial charge in [-0.3, -0.25) is 4.74 Å². The van der Waals surface area contributed by atoms with Crippen molar-refractivity contribution in [3.05, 3.63) is 84.0 Å². The minimum Gasteiger partial charge on any atom is -0.668 e. The third kappa shape index (κ3) is 9.22. The fourth-order valence-corrected chi connectivity index (χ4v) is 15.8. The smallest absolute Gasteiger partial charge is 0.668 e. The number of nitrogens with zero attached hydrogens (tertiary/aromatic N) is 4. The Hall–Kier alpha value is -0.567. The molecule has 47 heavy (non-hydrogen) atoms. The minimum absolute atomic E-state index is 0. The molecule has 6 aliphatic carbocycles. The first kappa shape index (κ1) is 42.6. The normalized spacial score (nSPS) is 31.6. The summed E-state index contributed by atoms with van der Waals surface area (Å²) in [5.41, 5.74) is 1.79. The number of rotatable bonds is 4. The van der Waals surface area contributed by atoms with E-state index in [1.807, 2.05) is 0 Å². The van der Waals surface area contributed by atoms with Crippen molar-refractivity contribution >= 4 is 17.7 Å². The average molecular weight is 738 g/mol. The Morgan fingerprint density at radius 1 is 0.574 bits per heavy atom. The van der Waals surface area contributed by atoms with Crippen LogP contribution in [0.25, 0.3) is 16.0 Å². The maximum atomic E-state index is 6.46. The Morgan fingerprint density at radius 3 is 1.21 bits per heavy atom. The molecule has 6 saturated carbocycles. The summed E-state index contributed by atoms with van der Waals surface area (Å²) < 4.78 is 6.46. The van der Waals surface area contributed by atoms with Crippen molar-refractivity contribution in [2.75, 3.05) is 42.3 Å². The molecular formula is C41H67N4PZr. The molecule has 8 rings (SSSR count). The third-order valence-electron chi connectivity index (χ3n) is 11.7. The molecule has 0 aliphatic heterocycles. The van der Waals surface area contributed by atoms with Gasteiger partial charge in [0.1, 0.15) is 0 Å². The van der Waals surface area contributed by atoms with Gasteiger partial charge in [0, 0.05) is 12.7 Å². The van der Waals surface area contributed by atoms with Gasteiger partial charge in [-0.1, -0.05) is 88.4 Å². The molecule has 0 amide bonds. The van der Waals surface area contributed by atoms with Crippen LogP contribution in [-0.4, -0.2) is 53.5 Å². The zero-order valence-corrected chi connectivity index (χ0v) is 35.2. The summed E-state index contributed by atoms with van der Waals surface area (Å²) in [5, 5.41) is 13.6. The first-order valence-electron chi connectivity index (χ1n) is 17.6. The van der Waals surface area contributed by atoms with E-state index in [0.29, 0.717) is 16.5 Å². The summed E-state index contributed by atoms with van der Waals surface area (Å²) in [7, 11) is 8.56. The van der Waals surface area contributed by atoms with E-state index < -0.39 is 7.05 Å². The van der Waals surface area contributed by atoms with E-state index in [1.165, 1.54) is 57.8 Å². The molecule has 2 atom stereocenters. The second kappa shape index (κ2) is 18.1. The molecule has 6 heteroatoms. The van der Waals surface area contributed by atoms with Crippen molar-refractivity contribution in [1.29, 1.82) is 0 Å². The Labute approximate surface area is 310 Å². The first-order valence-corrected chi connectivity index (χ1v) is 19.4. The summed E-state index contributed by atoms with van der Waals surface area (Å²) in [6.45, 7) is 10.3. The van der Waals surface area contributed by atoms with Gasteiger partial charge in [-0.25, -0.2) is 0 Å². The maximum Gasteiger partial charge on any atom is 4.00 e. The van der Waals surface area contributed by atoms with Crippen LogP contribution >= 0.6 is 7.05 Å². The zero-order valence-electron chi connectivity index (χ0n) is 31.8. The summed E-state index contributed by atoms with van der Waals surface area (Å²) in [4.78, 5) is 0. The van der Waals surface area contributed by atoms with Crippen LogP contribution in [0.5, 0.6) is 0 Å². The average Bonchev–Trinajstić information content (AvgIpc) is 3.52. The van der Waals surface area contributed by atoms with E-state index >= 15 is 0 Å². The molecule has 2 aromatic carbocycles. The van der Waals surface area contributed by atoms with Gasteiger partial charge in [-0.15, -0.1) is 0 Å². The van der Waals surface area contributed by atoms with Crippen LogP contribution in [0.1, 0.15) is 85.5 Å². The zero-order chi connectivity index (χ0) is 32.9. The molecule has 0 saturated heterocycles. The van der Waals surface area contributed by atoms with Gasteiger partial charge in [0.25, 0.3) is 0 Å². The second-order valence-corrected chi connectivity index (χ2v) is 19.8. The van der Waals surface area contributed by atoms with Gasteiger partial charge in [0.15, 0.2) is 0 Å². The Morgan fingerprint density at radius 2 is 0.894 bits per heavy atom. The van der Waals surface area contributed by atoms with Crippen LogP contribution in [0.15, 0.2) is 65.4 Å². The molecule has 6 fully saturated rings. The molecule has 6 aliphatic rings. The van der Waals surface area contributed by atoms with Crippen molar-refractivity contribution in [2.24, 2.45) is 45.2 Å². The third-order valence-corrected chi connectivity index (χ3v) is 16.0. The van der Waals surface area contributed by atoms with E-state index in [4.69, 9.17) is 4.74 Å². The van der Waals surface area contributed by atoms with Gasteiger partial charge in [0.05, 0.1) is 5.54 Å². The summed E-state index contributed by atoms with van der Waals surface area (Å²) in [6, 6.07) is 23.5. The van der Waals surface area contributed by atoms with Crippen LogP contribution in [0, 0.1) is 47.8 Å². The van der Waals surface area contributed by atoms with Crippen molar-refractivity contribution in [3.63, 3.8) is 0 Å². The van der Waals surface area contributed by atoms with Gasteiger partial charge >= 0.3 is 26.2 Å². The number of fused-ring (bicyclic) bond motifs is 1. The molecule has 2 aromatic rings. The van der Waals surface area contributed by atoms with Crippen molar-refractivity contribution in [2.45, 2.75) is 96.7 Å². The molecule has 0 heterocycles. The fraction of sp³-hybridized carbons (Fsp3) is 0.683. The van der Waals surface area contributed by atoms with Crippen LogP contribution in [-0.2, 0) is 26.2 Å². The number of hydrogen-bond donors (Lipinski definition) is 0. The van der Waals surface area contributed by atoms with Crippen LogP contribution < -0.4 is 10.6 Å².